The van der Waals surface area contributed by atoms with Gasteiger partial charge in [-0.2, -0.15) is 0 Å². The first-order chi connectivity index (χ1) is 13.7. The molecule has 9 heteroatoms. The van der Waals surface area contributed by atoms with E-state index in [0.29, 0.717) is 31.7 Å². The van der Waals surface area contributed by atoms with Crippen molar-refractivity contribution in [2.24, 2.45) is 0 Å². The maximum atomic E-state index is 13.5. The second-order valence-corrected chi connectivity index (χ2v) is 6.97. The number of ether oxygens (including phenoxy) is 1. The Morgan fingerprint density at radius 2 is 1.72 bits per heavy atom. The molecule has 1 atom stereocenters. The minimum absolute atomic E-state index is 0.0266. The number of amides is 3. The molecule has 3 amide bonds. The van der Waals surface area contributed by atoms with Crippen LogP contribution in [0.25, 0.3) is 0 Å². The summed E-state index contributed by atoms with van der Waals surface area (Å²) < 4.78 is 18.6. The molecule has 1 saturated heterocycles. The van der Waals surface area contributed by atoms with Crippen LogP contribution in [0.3, 0.4) is 0 Å². The van der Waals surface area contributed by atoms with Crippen LogP contribution < -0.4 is 5.32 Å². The number of carbonyl (C=O) groups excluding carboxylic acids is 4. The van der Waals surface area contributed by atoms with Crippen LogP contribution in [-0.4, -0.2) is 65.8 Å². The summed E-state index contributed by atoms with van der Waals surface area (Å²) in [5, 5.41) is 2.48. The molecule has 8 nitrogen and oxygen atoms in total. The van der Waals surface area contributed by atoms with E-state index < -0.39 is 23.8 Å². The molecule has 0 radical (unpaired) electrons. The summed E-state index contributed by atoms with van der Waals surface area (Å²) in [6, 6.07) is 4.27. The van der Waals surface area contributed by atoms with Crippen LogP contribution in [0, 0.1) is 12.7 Å². The zero-order valence-electron chi connectivity index (χ0n) is 16.9. The first-order valence-corrected chi connectivity index (χ1v) is 9.47. The fourth-order valence-corrected chi connectivity index (χ4v) is 2.86. The van der Waals surface area contributed by atoms with E-state index in [-0.39, 0.29) is 30.3 Å². The van der Waals surface area contributed by atoms with Crippen molar-refractivity contribution in [2.45, 2.75) is 39.7 Å². The summed E-state index contributed by atoms with van der Waals surface area (Å²) in [6.07, 6.45) is -1.26. The minimum Gasteiger partial charge on any atom is -0.453 e. The molecule has 1 aliphatic rings. The molecular weight excluding hydrogens is 381 g/mol. The smallest absolute Gasteiger partial charge is 0.307 e. The van der Waals surface area contributed by atoms with Crippen LogP contribution in [0.2, 0.25) is 0 Å². The number of aryl methyl sites for hydroxylation is 1. The molecule has 2 rings (SSSR count). The molecule has 1 fully saturated rings. The van der Waals surface area contributed by atoms with Gasteiger partial charge in [0.15, 0.2) is 6.10 Å². The molecule has 1 heterocycles. The molecule has 0 aliphatic carbocycles. The summed E-state index contributed by atoms with van der Waals surface area (Å²) in [7, 11) is 0. The van der Waals surface area contributed by atoms with Crippen LogP contribution >= 0.6 is 0 Å². The van der Waals surface area contributed by atoms with Gasteiger partial charge in [0.25, 0.3) is 5.91 Å². The number of nitrogens with zero attached hydrogens (tertiary/aromatic N) is 2. The van der Waals surface area contributed by atoms with Gasteiger partial charge in [0.2, 0.25) is 11.8 Å². The quantitative estimate of drug-likeness (QED) is 0.721. The molecule has 1 aromatic rings. The number of esters is 1. The summed E-state index contributed by atoms with van der Waals surface area (Å²) in [6.45, 7) is 6.31. The van der Waals surface area contributed by atoms with Gasteiger partial charge in [0.1, 0.15) is 5.82 Å². The minimum atomic E-state index is -1.08. The van der Waals surface area contributed by atoms with Gasteiger partial charge in [-0.15, -0.1) is 0 Å². The molecule has 1 N–H and O–H groups in total. The van der Waals surface area contributed by atoms with Crippen molar-refractivity contribution in [3.05, 3.63) is 29.6 Å². The summed E-state index contributed by atoms with van der Waals surface area (Å²) in [5.74, 6) is -1.93. The van der Waals surface area contributed by atoms with Crippen LogP contribution in [0.4, 0.5) is 10.1 Å². The standard InChI is InChI=1S/C20H26FN3O5/c1-13-4-5-16(12-17(13)21)22-20(28)14(2)29-19(27)7-6-18(26)24-10-8-23(9-11-24)15(3)25/h4-5,12,14H,6-11H2,1-3H3,(H,22,28)/t14-/m0/s1. The molecule has 1 aromatic carbocycles. The van der Waals surface area contributed by atoms with Gasteiger partial charge in [0, 0.05) is 45.2 Å². The van der Waals surface area contributed by atoms with E-state index in [2.05, 4.69) is 5.32 Å². The van der Waals surface area contributed by atoms with Crippen LogP contribution in [0.1, 0.15) is 32.3 Å². The third-order valence-electron chi connectivity index (χ3n) is 4.74. The van der Waals surface area contributed by atoms with Gasteiger partial charge < -0.3 is 19.9 Å². The maximum Gasteiger partial charge on any atom is 0.307 e. The Kier molecular flexibility index (Phi) is 7.69. The lowest BCUT2D eigenvalue weighted by Gasteiger charge is -2.34. The number of piperazine rings is 1. The first kappa shape index (κ1) is 22.3. The summed E-state index contributed by atoms with van der Waals surface area (Å²) in [5.41, 5.74) is 0.718. The number of anilines is 1. The normalized spacial score (nSPS) is 14.9. The molecular formula is C20H26FN3O5. The average molecular weight is 407 g/mol. The van der Waals surface area contributed by atoms with Crippen molar-refractivity contribution < 1.29 is 28.3 Å². The zero-order chi connectivity index (χ0) is 21.6. The lowest BCUT2D eigenvalue weighted by atomic mass is 10.2. The topological polar surface area (TPSA) is 96.0 Å². The van der Waals surface area contributed by atoms with E-state index in [1.807, 2.05) is 0 Å². The second-order valence-electron chi connectivity index (χ2n) is 6.97. The van der Waals surface area contributed by atoms with Gasteiger partial charge in [-0.05, 0) is 31.5 Å². The third-order valence-corrected chi connectivity index (χ3v) is 4.74. The highest BCUT2D eigenvalue weighted by Gasteiger charge is 2.24. The van der Waals surface area contributed by atoms with E-state index in [9.17, 15) is 23.6 Å². The number of hydrogen-bond acceptors (Lipinski definition) is 5. The maximum absolute atomic E-state index is 13.5. The molecule has 1 aliphatic heterocycles. The largest absolute Gasteiger partial charge is 0.453 e. The van der Waals surface area contributed by atoms with Gasteiger partial charge in [-0.3, -0.25) is 19.2 Å². The van der Waals surface area contributed by atoms with Crippen molar-refractivity contribution in [2.75, 3.05) is 31.5 Å². The second kappa shape index (κ2) is 9.99. The predicted octanol–water partition coefficient (Wildman–Crippen LogP) is 1.48. The number of benzene rings is 1. The van der Waals surface area contributed by atoms with Crippen LogP contribution in [-0.2, 0) is 23.9 Å². The SMILES string of the molecule is CC(=O)N1CCN(C(=O)CCC(=O)O[C@@H](C)C(=O)Nc2ccc(C)c(F)c2)CC1. The van der Waals surface area contributed by atoms with Gasteiger partial charge in [0.05, 0.1) is 6.42 Å². The highest BCUT2D eigenvalue weighted by Crippen LogP contribution is 2.14. The van der Waals surface area contributed by atoms with E-state index in [1.54, 1.807) is 22.8 Å². The monoisotopic (exact) mass is 407 g/mol. The van der Waals surface area contributed by atoms with Gasteiger partial charge in [-0.25, -0.2) is 4.39 Å². The lowest BCUT2D eigenvalue weighted by Crippen LogP contribution is -2.50. The lowest BCUT2D eigenvalue weighted by molar-refractivity contribution is -0.154. The van der Waals surface area contributed by atoms with E-state index in [4.69, 9.17) is 4.74 Å². The van der Waals surface area contributed by atoms with E-state index in [1.165, 1.54) is 26.0 Å². The van der Waals surface area contributed by atoms with Gasteiger partial charge in [-0.1, -0.05) is 6.07 Å². The molecule has 0 unspecified atom stereocenters. The zero-order valence-corrected chi connectivity index (χ0v) is 16.9. The van der Waals surface area contributed by atoms with Crippen LogP contribution in [0.5, 0.6) is 0 Å². The molecule has 0 saturated carbocycles. The van der Waals surface area contributed by atoms with E-state index >= 15 is 0 Å². The van der Waals surface area contributed by atoms with Crippen LogP contribution in [0.15, 0.2) is 18.2 Å². The number of nitrogens with one attached hydrogen (secondary N) is 1. The van der Waals surface area contributed by atoms with Crippen molar-refractivity contribution in [3.8, 4) is 0 Å². The Bertz CT molecular complexity index is 790. The first-order valence-electron chi connectivity index (χ1n) is 9.47. The highest BCUT2D eigenvalue weighted by atomic mass is 19.1. The number of halogens is 1. The Hall–Kier alpha value is -2.97. The third kappa shape index (κ3) is 6.55. The Morgan fingerprint density at radius 1 is 1.10 bits per heavy atom. The van der Waals surface area contributed by atoms with E-state index in [0.717, 1.165) is 0 Å². The molecule has 29 heavy (non-hydrogen) atoms. The number of hydrogen-bond donors (Lipinski definition) is 1. The predicted molar refractivity (Wildman–Crippen MR) is 103 cm³/mol. The van der Waals surface area contributed by atoms with Crippen molar-refractivity contribution >= 4 is 29.4 Å². The molecule has 158 valence electrons. The fourth-order valence-electron chi connectivity index (χ4n) is 2.86. The summed E-state index contributed by atoms with van der Waals surface area (Å²) >= 11 is 0. The molecule has 0 spiro atoms. The molecule has 0 aromatic heterocycles. The Morgan fingerprint density at radius 3 is 2.31 bits per heavy atom. The Labute approximate surface area is 169 Å². The van der Waals surface area contributed by atoms with Gasteiger partial charge >= 0.3 is 5.97 Å². The fraction of sp³-hybridized carbons (Fsp3) is 0.500. The molecule has 0 bridgehead atoms. The van der Waals surface area contributed by atoms with Crippen molar-refractivity contribution in [1.82, 2.24) is 9.80 Å². The van der Waals surface area contributed by atoms with Crippen molar-refractivity contribution in [1.29, 1.82) is 0 Å². The summed E-state index contributed by atoms with van der Waals surface area (Å²) in [4.78, 5) is 50.8. The highest BCUT2D eigenvalue weighted by molar-refractivity contribution is 5.95. The average Bonchev–Trinajstić information content (AvgIpc) is 2.68. The van der Waals surface area contributed by atoms with Crippen molar-refractivity contribution in [3.63, 3.8) is 0 Å². The number of carbonyl (C=O) groups is 4. The Balaban J connectivity index is 1.73. The number of rotatable bonds is 6.